The summed E-state index contributed by atoms with van der Waals surface area (Å²) in [6.07, 6.45) is -0.777. The van der Waals surface area contributed by atoms with Crippen molar-refractivity contribution < 1.29 is 28.0 Å². The molecule has 0 aliphatic carbocycles. The van der Waals surface area contributed by atoms with Crippen LogP contribution in [0, 0.1) is 11.8 Å². The number of amides is 1. The molecule has 2 aromatic carbocycles. The molecule has 1 N–H and O–H groups in total. The molecule has 30 heavy (non-hydrogen) atoms. The van der Waals surface area contributed by atoms with Gasteiger partial charge in [-0.05, 0) is 38.1 Å². The molecule has 158 valence electrons. The maximum absolute atomic E-state index is 13.7. The number of benzene rings is 2. The minimum Gasteiger partial charge on any atom is -0.393 e. The molecule has 1 fully saturated rings. The third-order valence-electron chi connectivity index (χ3n) is 5.48. The summed E-state index contributed by atoms with van der Waals surface area (Å²) < 4.78 is 30.9. The topological polar surface area (TPSA) is 85.3 Å². The van der Waals surface area contributed by atoms with Crippen molar-refractivity contribution in [3.8, 4) is 11.5 Å². The van der Waals surface area contributed by atoms with Gasteiger partial charge in [0.05, 0.1) is 23.8 Å². The number of phosphoric ester groups is 1. The average Bonchev–Trinajstić information content (AvgIpc) is 2.90. The number of hydrogen-bond donors (Lipinski definition) is 1. The Morgan fingerprint density at radius 2 is 1.47 bits per heavy atom. The largest absolute Gasteiger partial charge is 0.646 e. The Kier molecular flexibility index (Phi) is 5.35. The summed E-state index contributed by atoms with van der Waals surface area (Å²) in [6.45, 7) is 5.21. The Balaban J connectivity index is 1.64. The molecular formula is C22H24NO6P. The summed E-state index contributed by atoms with van der Waals surface area (Å²) in [5.74, 6) is 0.0890. The highest BCUT2D eigenvalue weighted by atomic mass is 31.2. The van der Waals surface area contributed by atoms with Crippen LogP contribution in [0.2, 0.25) is 0 Å². The molecule has 0 saturated carbocycles. The number of hydrogen-bond acceptors (Lipinski definition) is 6. The van der Waals surface area contributed by atoms with E-state index in [9.17, 15) is 14.5 Å². The van der Waals surface area contributed by atoms with Crippen molar-refractivity contribution in [1.82, 2.24) is 4.90 Å². The average molecular weight is 429 g/mol. The number of carbonyl (C=O) groups is 1. The second kappa shape index (κ2) is 7.82. The smallest absolute Gasteiger partial charge is 0.393 e. The second-order valence-corrected chi connectivity index (χ2v) is 8.99. The van der Waals surface area contributed by atoms with Gasteiger partial charge in [-0.3, -0.25) is 4.79 Å². The lowest BCUT2D eigenvalue weighted by Gasteiger charge is -2.46. The molecule has 1 amide bonds. The van der Waals surface area contributed by atoms with Gasteiger partial charge in [-0.25, -0.2) is 0 Å². The van der Waals surface area contributed by atoms with Gasteiger partial charge in [0.25, 0.3) is 0 Å². The first kappa shape index (κ1) is 20.5. The van der Waals surface area contributed by atoms with Gasteiger partial charge < -0.3 is 23.6 Å². The van der Waals surface area contributed by atoms with E-state index in [1.807, 2.05) is 19.1 Å². The third kappa shape index (κ3) is 3.59. The molecule has 8 heteroatoms. The normalized spacial score (nSPS) is 24.2. The van der Waals surface area contributed by atoms with Gasteiger partial charge in [0.1, 0.15) is 17.3 Å². The SMILES string of the molecule is CC1=C(OP(=O)(Oc2ccccc2)Oc2ccccc2)[C@H](C)C2[C@@H]([C@@H](C)O)C(=O)N12. The zero-order chi connectivity index (χ0) is 21.5. The van der Waals surface area contributed by atoms with Crippen molar-refractivity contribution in [3.63, 3.8) is 0 Å². The number of allylic oxidation sites excluding steroid dienone is 1. The maximum atomic E-state index is 13.7. The summed E-state index contributed by atoms with van der Waals surface area (Å²) >= 11 is 0. The molecule has 2 heterocycles. The minimum atomic E-state index is -4.13. The Bertz CT molecular complexity index is 961. The zero-order valence-corrected chi connectivity index (χ0v) is 17.9. The molecule has 2 aromatic rings. The van der Waals surface area contributed by atoms with Crippen LogP contribution in [-0.4, -0.2) is 28.1 Å². The number of nitrogens with zero attached hydrogens (tertiary/aromatic N) is 1. The molecule has 1 saturated heterocycles. The minimum absolute atomic E-state index is 0.166. The van der Waals surface area contributed by atoms with E-state index in [1.165, 1.54) is 0 Å². The predicted octanol–water partition coefficient (Wildman–Crippen LogP) is 4.36. The van der Waals surface area contributed by atoms with Crippen molar-refractivity contribution in [1.29, 1.82) is 0 Å². The monoisotopic (exact) mass is 429 g/mol. The second-order valence-electron chi connectivity index (χ2n) is 7.55. The molecule has 0 spiro atoms. The van der Waals surface area contributed by atoms with Crippen LogP contribution in [-0.2, 0) is 13.9 Å². The molecular weight excluding hydrogens is 405 g/mol. The number of β-lactam (4-membered cyclic amide) rings is 1. The van der Waals surface area contributed by atoms with Gasteiger partial charge in [-0.1, -0.05) is 43.3 Å². The molecule has 0 aromatic heterocycles. The standard InChI is InChI=1S/C22H24NO6P/c1-14-20-19(16(3)24)22(25)23(20)15(2)21(14)29-30(26,27-17-10-6-4-7-11-17)28-18-12-8-5-9-13-18/h4-14,16,19-20,24H,1-3H3/t14-,16-,19-,20?/m1/s1. The van der Waals surface area contributed by atoms with E-state index in [2.05, 4.69) is 0 Å². The van der Waals surface area contributed by atoms with E-state index in [0.29, 0.717) is 23.0 Å². The lowest BCUT2D eigenvalue weighted by molar-refractivity contribution is -0.159. The van der Waals surface area contributed by atoms with E-state index < -0.39 is 19.8 Å². The van der Waals surface area contributed by atoms with E-state index in [1.54, 1.807) is 67.3 Å². The number of rotatable bonds is 7. The summed E-state index contributed by atoms with van der Waals surface area (Å²) in [5.41, 5.74) is 0.558. The van der Waals surface area contributed by atoms with E-state index in [0.717, 1.165) is 0 Å². The van der Waals surface area contributed by atoms with Crippen molar-refractivity contribution in [2.24, 2.45) is 11.8 Å². The predicted molar refractivity (Wildman–Crippen MR) is 111 cm³/mol. The van der Waals surface area contributed by atoms with Crippen LogP contribution in [0.4, 0.5) is 0 Å². The molecule has 4 atom stereocenters. The van der Waals surface area contributed by atoms with Gasteiger partial charge >= 0.3 is 7.82 Å². The summed E-state index contributed by atoms with van der Waals surface area (Å²) in [6, 6.07) is 17.0. The van der Waals surface area contributed by atoms with Crippen molar-refractivity contribution >= 4 is 13.7 Å². The third-order valence-corrected chi connectivity index (χ3v) is 6.77. The van der Waals surface area contributed by atoms with Crippen LogP contribution in [0.15, 0.2) is 72.1 Å². The fraction of sp³-hybridized carbons (Fsp3) is 0.318. The van der Waals surface area contributed by atoms with Crippen LogP contribution in [0.5, 0.6) is 11.5 Å². The number of aliphatic hydroxyl groups is 1. The molecule has 2 aliphatic rings. The molecule has 4 rings (SSSR count). The van der Waals surface area contributed by atoms with Crippen LogP contribution in [0.3, 0.4) is 0 Å². The Morgan fingerprint density at radius 1 is 0.967 bits per heavy atom. The van der Waals surface area contributed by atoms with Gasteiger partial charge in [-0.15, -0.1) is 0 Å². The fourth-order valence-electron chi connectivity index (χ4n) is 4.10. The highest BCUT2D eigenvalue weighted by molar-refractivity contribution is 7.49. The van der Waals surface area contributed by atoms with Crippen LogP contribution in [0.1, 0.15) is 20.8 Å². The van der Waals surface area contributed by atoms with Crippen LogP contribution in [0.25, 0.3) is 0 Å². The lowest BCUT2D eigenvalue weighted by Crippen LogP contribution is -2.62. The Morgan fingerprint density at radius 3 is 1.93 bits per heavy atom. The van der Waals surface area contributed by atoms with Crippen LogP contribution < -0.4 is 9.05 Å². The zero-order valence-electron chi connectivity index (χ0n) is 17.0. The van der Waals surface area contributed by atoms with E-state index >= 15 is 0 Å². The number of carbonyl (C=O) groups excluding carboxylic acids is 1. The van der Waals surface area contributed by atoms with E-state index in [4.69, 9.17) is 13.6 Å². The quantitative estimate of drug-likeness (QED) is 0.520. The first-order valence-corrected chi connectivity index (χ1v) is 11.3. The Hall–Kier alpha value is -2.76. The Labute approximate surface area is 175 Å². The molecule has 7 nitrogen and oxygen atoms in total. The van der Waals surface area contributed by atoms with Gasteiger partial charge in [-0.2, -0.15) is 4.57 Å². The number of fused-ring (bicyclic) bond motifs is 1. The fourth-order valence-corrected chi connectivity index (χ4v) is 5.51. The van der Waals surface area contributed by atoms with Crippen molar-refractivity contribution in [2.45, 2.75) is 32.9 Å². The number of aliphatic hydroxyl groups excluding tert-OH is 1. The highest BCUT2D eigenvalue weighted by Gasteiger charge is 2.59. The first-order valence-electron chi connectivity index (χ1n) is 9.81. The number of para-hydroxylation sites is 2. The molecule has 2 aliphatic heterocycles. The summed E-state index contributed by atoms with van der Waals surface area (Å²) in [5, 5.41) is 9.99. The maximum Gasteiger partial charge on any atom is 0.646 e. The summed E-state index contributed by atoms with van der Waals surface area (Å²) in [4.78, 5) is 14.1. The summed E-state index contributed by atoms with van der Waals surface area (Å²) in [7, 11) is -4.13. The lowest BCUT2D eigenvalue weighted by atomic mass is 9.79. The highest BCUT2D eigenvalue weighted by Crippen LogP contribution is 2.56. The molecule has 1 unspecified atom stereocenters. The van der Waals surface area contributed by atoms with Gasteiger partial charge in [0.2, 0.25) is 5.91 Å². The van der Waals surface area contributed by atoms with Gasteiger partial charge in [0, 0.05) is 5.92 Å². The molecule has 0 bridgehead atoms. The molecule has 0 radical (unpaired) electrons. The van der Waals surface area contributed by atoms with Gasteiger partial charge in [0.15, 0.2) is 0 Å². The first-order chi connectivity index (χ1) is 14.3. The van der Waals surface area contributed by atoms with Crippen molar-refractivity contribution in [3.05, 3.63) is 72.1 Å². The van der Waals surface area contributed by atoms with E-state index in [-0.39, 0.29) is 17.9 Å². The van der Waals surface area contributed by atoms with Crippen molar-refractivity contribution in [2.75, 3.05) is 0 Å². The van der Waals surface area contributed by atoms with Crippen LogP contribution >= 0.6 is 7.82 Å². The number of phosphoric acid groups is 1.